The fraction of sp³-hybridized carbons (Fsp3) is 0.480. The Balaban J connectivity index is 1.73. The molecule has 0 saturated carbocycles. The first kappa shape index (κ1) is 24.8. The number of nitrogens with one attached hydrogen (secondary N) is 1. The minimum absolute atomic E-state index is 0.222. The molecular weight excluding hydrogens is 442 g/mol. The molecule has 2 aromatic rings. The number of carbonyl (C=O) groups excluding carboxylic acids is 3. The van der Waals surface area contributed by atoms with Crippen molar-refractivity contribution in [3.8, 4) is 5.75 Å². The molecule has 1 heterocycles. The Labute approximate surface area is 198 Å². The van der Waals surface area contributed by atoms with Crippen molar-refractivity contribution in [2.24, 2.45) is 5.92 Å². The number of carbonyl (C=O) groups is 3. The normalized spacial score (nSPS) is 16.0. The lowest BCUT2D eigenvalue weighted by Gasteiger charge is -2.18. The number of anilines is 1. The molecule has 1 amide bonds. The summed E-state index contributed by atoms with van der Waals surface area (Å²) in [4.78, 5) is 38.6. The van der Waals surface area contributed by atoms with E-state index < -0.39 is 18.0 Å². The lowest BCUT2D eigenvalue weighted by Crippen LogP contribution is -2.28. The zero-order valence-electron chi connectivity index (χ0n) is 19.7. The van der Waals surface area contributed by atoms with Crippen LogP contribution in [0, 0.1) is 5.92 Å². The Morgan fingerprint density at radius 3 is 2.48 bits per heavy atom. The summed E-state index contributed by atoms with van der Waals surface area (Å²) in [6.45, 7) is 9.40. The van der Waals surface area contributed by atoms with Crippen LogP contribution >= 0.6 is 11.3 Å². The highest BCUT2D eigenvalue weighted by atomic mass is 32.1. The van der Waals surface area contributed by atoms with Gasteiger partial charge in [0.05, 0.1) is 18.3 Å². The molecule has 0 bridgehead atoms. The maximum atomic E-state index is 12.9. The van der Waals surface area contributed by atoms with Gasteiger partial charge in [-0.2, -0.15) is 0 Å². The number of hydrogen-bond donors (Lipinski definition) is 1. The molecule has 1 N–H and O–H groups in total. The van der Waals surface area contributed by atoms with E-state index in [4.69, 9.17) is 14.2 Å². The van der Waals surface area contributed by atoms with Crippen molar-refractivity contribution in [2.45, 2.75) is 66.1 Å². The topological polar surface area (TPSA) is 90.9 Å². The fourth-order valence-electron chi connectivity index (χ4n) is 3.70. The molecule has 0 fully saturated rings. The number of hydrogen-bond acceptors (Lipinski definition) is 7. The van der Waals surface area contributed by atoms with Gasteiger partial charge in [0.2, 0.25) is 0 Å². The summed E-state index contributed by atoms with van der Waals surface area (Å²) >= 11 is 1.45. The van der Waals surface area contributed by atoms with Crippen LogP contribution in [0.5, 0.6) is 5.75 Å². The largest absolute Gasteiger partial charge is 0.479 e. The van der Waals surface area contributed by atoms with E-state index in [1.165, 1.54) is 11.3 Å². The quantitative estimate of drug-likeness (QED) is 0.541. The van der Waals surface area contributed by atoms with E-state index >= 15 is 0 Å². The third-order valence-corrected chi connectivity index (χ3v) is 6.50. The molecule has 33 heavy (non-hydrogen) atoms. The molecular formula is C25H31NO6S. The standard InChI is InChI=1S/C25H31NO6S/c1-6-30-25(29)21-19-12-7-15(4)13-20(19)33-23(21)26-22(27)17-8-10-18(11-9-17)32-16(5)24(28)31-14(2)3/h8-11,14-16H,6-7,12-13H2,1-5H3,(H,26,27). The van der Waals surface area contributed by atoms with Crippen LogP contribution < -0.4 is 10.1 Å². The number of esters is 2. The second-order valence-electron chi connectivity index (χ2n) is 8.50. The summed E-state index contributed by atoms with van der Waals surface area (Å²) < 4.78 is 16.0. The van der Waals surface area contributed by atoms with Crippen LogP contribution in [0.15, 0.2) is 24.3 Å². The smallest absolute Gasteiger partial charge is 0.347 e. The van der Waals surface area contributed by atoms with E-state index in [9.17, 15) is 14.4 Å². The Kier molecular flexibility index (Phi) is 8.13. The molecule has 0 radical (unpaired) electrons. The molecule has 2 atom stereocenters. The van der Waals surface area contributed by atoms with Crippen LogP contribution in [-0.4, -0.2) is 36.7 Å². The van der Waals surface area contributed by atoms with Crippen molar-refractivity contribution in [2.75, 3.05) is 11.9 Å². The van der Waals surface area contributed by atoms with Gasteiger partial charge in [-0.1, -0.05) is 6.92 Å². The Morgan fingerprint density at radius 2 is 1.85 bits per heavy atom. The minimum Gasteiger partial charge on any atom is -0.479 e. The van der Waals surface area contributed by atoms with Crippen LogP contribution in [0.4, 0.5) is 5.00 Å². The van der Waals surface area contributed by atoms with Crippen LogP contribution in [0.1, 0.15) is 72.2 Å². The summed E-state index contributed by atoms with van der Waals surface area (Å²) in [5.41, 5.74) is 1.89. The maximum Gasteiger partial charge on any atom is 0.347 e. The molecule has 3 rings (SSSR count). The second-order valence-corrected chi connectivity index (χ2v) is 9.61. The van der Waals surface area contributed by atoms with E-state index in [2.05, 4.69) is 12.2 Å². The minimum atomic E-state index is -0.765. The number of fused-ring (bicyclic) bond motifs is 1. The molecule has 0 saturated heterocycles. The SMILES string of the molecule is CCOC(=O)c1c(NC(=O)c2ccc(OC(C)C(=O)OC(C)C)cc2)sc2c1CCC(C)C2. The molecule has 178 valence electrons. The summed E-state index contributed by atoms with van der Waals surface area (Å²) in [5, 5.41) is 3.43. The first-order chi connectivity index (χ1) is 15.7. The lowest BCUT2D eigenvalue weighted by molar-refractivity contribution is -0.154. The number of amides is 1. The predicted octanol–water partition coefficient (Wildman–Crippen LogP) is 5.02. The van der Waals surface area contributed by atoms with Crippen molar-refractivity contribution < 1.29 is 28.6 Å². The number of ether oxygens (including phenoxy) is 3. The van der Waals surface area contributed by atoms with E-state index in [-0.39, 0.29) is 18.6 Å². The van der Waals surface area contributed by atoms with E-state index in [0.29, 0.717) is 27.8 Å². The van der Waals surface area contributed by atoms with Gasteiger partial charge in [-0.05, 0) is 82.7 Å². The van der Waals surface area contributed by atoms with Crippen molar-refractivity contribution in [3.63, 3.8) is 0 Å². The lowest BCUT2D eigenvalue weighted by atomic mass is 9.88. The third kappa shape index (κ3) is 6.13. The molecule has 1 aromatic carbocycles. The fourth-order valence-corrected chi connectivity index (χ4v) is 5.09. The van der Waals surface area contributed by atoms with Gasteiger partial charge >= 0.3 is 11.9 Å². The molecule has 2 unspecified atom stereocenters. The average Bonchev–Trinajstić information content (AvgIpc) is 3.10. The summed E-state index contributed by atoms with van der Waals surface area (Å²) in [7, 11) is 0. The van der Waals surface area contributed by atoms with Gasteiger partial charge in [0.1, 0.15) is 10.8 Å². The third-order valence-electron chi connectivity index (χ3n) is 5.33. The van der Waals surface area contributed by atoms with Crippen molar-refractivity contribution >= 4 is 34.2 Å². The summed E-state index contributed by atoms with van der Waals surface area (Å²) in [5.74, 6) is -0.179. The summed E-state index contributed by atoms with van der Waals surface area (Å²) in [6, 6.07) is 6.48. The first-order valence-electron chi connectivity index (χ1n) is 11.3. The van der Waals surface area contributed by atoms with Gasteiger partial charge in [0.15, 0.2) is 6.10 Å². The highest BCUT2D eigenvalue weighted by Gasteiger charge is 2.29. The molecule has 1 aliphatic rings. The second kappa shape index (κ2) is 10.8. The summed E-state index contributed by atoms with van der Waals surface area (Å²) in [6.07, 6.45) is 1.72. The Hall–Kier alpha value is -2.87. The van der Waals surface area contributed by atoms with Gasteiger partial charge in [0, 0.05) is 10.4 Å². The van der Waals surface area contributed by atoms with E-state index in [1.807, 2.05) is 0 Å². The van der Waals surface area contributed by atoms with Crippen LogP contribution in [0.2, 0.25) is 0 Å². The zero-order chi connectivity index (χ0) is 24.1. The molecule has 0 spiro atoms. The number of thiophene rings is 1. The van der Waals surface area contributed by atoms with Gasteiger partial charge in [-0.3, -0.25) is 4.79 Å². The molecule has 1 aliphatic carbocycles. The maximum absolute atomic E-state index is 12.9. The molecule has 7 nitrogen and oxygen atoms in total. The molecule has 1 aromatic heterocycles. The Bertz CT molecular complexity index is 1010. The van der Waals surface area contributed by atoms with Crippen molar-refractivity contribution in [1.82, 2.24) is 0 Å². The molecule has 0 aliphatic heterocycles. The predicted molar refractivity (Wildman–Crippen MR) is 127 cm³/mol. The highest BCUT2D eigenvalue weighted by Crippen LogP contribution is 2.40. The number of rotatable bonds is 8. The Morgan fingerprint density at radius 1 is 1.15 bits per heavy atom. The highest BCUT2D eigenvalue weighted by molar-refractivity contribution is 7.17. The van der Waals surface area contributed by atoms with Crippen LogP contribution in [-0.2, 0) is 27.1 Å². The van der Waals surface area contributed by atoms with E-state index in [0.717, 1.165) is 29.7 Å². The van der Waals surface area contributed by atoms with Gasteiger partial charge in [-0.15, -0.1) is 11.3 Å². The zero-order valence-corrected chi connectivity index (χ0v) is 20.5. The monoisotopic (exact) mass is 473 g/mol. The first-order valence-corrected chi connectivity index (χ1v) is 12.1. The van der Waals surface area contributed by atoms with Crippen LogP contribution in [0.3, 0.4) is 0 Å². The van der Waals surface area contributed by atoms with Gasteiger partial charge in [-0.25, -0.2) is 9.59 Å². The average molecular weight is 474 g/mol. The number of benzene rings is 1. The molecule has 8 heteroatoms. The van der Waals surface area contributed by atoms with Gasteiger partial charge in [0.25, 0.3) is 5.91 Å². The van der Waals surface area contributed by atoms with Crippen LogP contribution in [0.25, 0.3) is 0 Å². The van der Waals surface area contributed by atoms with E-state index in [1.54, 1.807) is 52.0 Å². The van der Waals surface area contributed by atoms with Crippen molar-refractivity contribution in [1.29, 1.82) is 0 Å². The van der Waals surface area contributed by atoms with Crippen molar-refractivity contribution in [3.05, 3.63) is 45.8 Å². The van der Waals surface area contributed by atoms with Gasteiger partial charge < -0.3 is 19.5 Å².